The average Bonchev–Trinajstić information content (AvgIpc) is 2.27. The Balaban J connectivity index is 3.16. The third-order valence-corrected chi connectivity index (χ3v) is 2.28. The predicted octanol–water partition coefficient (Wildman–Crippen LogP) is 1.76. The summed E-state index contributed by atoms with van der Waals surface area (Å²) in [6.07, 6.45) is 0. The first-order valence-electron chi connectivity index (χ1n) is 3.87. The van der Waals surface area contributed by atoms with Gasteiger partial charge in [0.05, 0.1) is 18.2 Å². The van der Waals surface area contributed by atoms with Crippen molar-refractivity contribution < 1.29 is 18.5 Å². The third kappa shape index (κ3) is 2.66. The standard InChI is InChI=1S/C9H8O4S2/c1-12-9(11)6-4-5(8(10)13-15)2-3-7(6)14/h2-4,14-15H,1H3. The molecular formula is C9H8O4S2. The van der Waals surface area contributed by atoms with E-state index in [1.54, 1.807) is 0 Å². The smallest absolute Gasteiger partial charge is 0.349 e. The van der Waals surface area contributed by atoms with E-state index in [2.05, 4.69) is 34.5 Å². The lowest BCUT2D eigenvalue weighted by molar-refractivity contribution is 0.0597. The minimum atomic E-state index is -0.642. The highest BCUT2D eigenvalue weighted by Gasteiger charge is 2.14. The van der Waals surface area contributed by atoms with Gasteiger partial charge in [-0.25, -0.2) is 9.59 Å². The first-order chi connectivity index (χ1) is 7.10. The van der Waals surface area contributed by atoms with Gasteiger partial charge in [-0.3, -0.25) is 0 Å². The fraction of sp³-hybridized carbons (Fsp3) is 0.111. The van der Waals surface area contributed by atoms with Gasteiger partial charge in [0.2, 0.25) is 0 Å². The number of benzene rings is 1. The van der Waals surface area contributed by atoms with E-state index in [0.717, 1.165) is 0 Å². The van der Waals surface area contributed by atoms with Crippen LogP contribution in [0.25, 0.3) is 0 Å². The third-order valence-electron chi connectivity index (χ3n) is 1.72. The molecule has 0 aliphatic rings. The zero-order chi connectivity index (χ0) is 11.4. The van der Waals surface area contributed by atoms with Crippen LogP contribution in [0.5, 0.6) is 0 Å². The van der Waals surface area contributed by atoms with Gasteiger partial charge in [0, 0.05) is 17.8 Å². The second-order valence-electron chi connectivity index (χ2n) is 2.60. The van der Waals surface area contributed by atoms with Gasteiger partial charge in [0.25, 0.3) is 0 Å². The van der Waals surface area contributed by atoms with Crippen LogP contribution in [0.3, 0.4) is 0 Å². The Morgan fingerprint density at radius 2 is 1.93 bits per heavy atom. The molecule has 0 aliphatic heterocycles. The minimum Gasteiger partial charge on any atom is -0.465 e. The molecular weight excluding hydrogens is 236 g/mol. The van der Waals surface area contributed by atoms with Crippen LogP contribution in [0.4, 0.5) is 0 Å². The maximum Gasteiger partial charge on any atom is 0.349 e. The molecule has 0 saturated heterocycles. The second-order valence-corrected chi connectivity index (χ2v) is 3.27. The van der Waals surface area contributed by atoms with Gasteiger partial charge in [-0.1, -0.05) is 0 Å². The van der Waals surface area contributed by atoms with Gasteiger partial charge in [-0.15, -0.1) is 12.6 Å². The van der Waals surface area contributed by atoms with Crippen LogP contribution in [-0.4, -0.2) is 19.0 Å². The number of hydrogen-bond donors (Lipinski definition) is 2. The average molecular weight is 244 g/mol. The molecule has 0 spiro atoms. The maximum atomic E-state index is 11.3. The zero-order valence-corrected chi connectivity index (χ0v) is 9.55. The lowest BCUT2D eigenvalue weighted by Gasteiger charge is -2.04. The lowest BCUT2D eigenvalue weighted by atomic mass is 10.1. The number of hydrogen-bond acceptors (Lipinski definition) is 6. The second kappa shape index (κ2) is 5.09. The van der Waals surface area contributed by atoms with Gasteiger partial charge in [0.1, 0.15) is 0 Å². The van der Waals surface area contributed by atoms with Crippen LogP contribution >= 0.6 is 25.5 Å². The topological polar surface area (TPSA) is 52.6 Å². The van der Waals surface area contributed by atoms with Crippen molar-refractivity contribution in [3.05, 3.63) is 29.3 Å². The summed E-state index contributed by atoms with van der Waals surface area (Å²) in [5, 5.41) is 0. The molecule has 0 aliphatic carbocycles. The number of carbonyl (C=O) groups excluding carboxylic acids is 2. The summed E-state index contributed by atoms with van der Waals surface area (Å²) in [6, 6.07) is 4.33. The van der Waals surface area contributed by atoms with Crippen LogP contribution in [0.2, 0.25) is 0 Å². The summed E-state index contributed by atoms with van der Waals surface area (Å²) < 4.78 is 8.75. The molecule has 6 heteroatoms. The molecule has 0 aromatic heterocycles. The summed E-state index contributed by atoms with van der Waals surface area (Å²) in [5.41, 5.74) is 0.417. The molecule has 1 aromatic rings. The first kappa shape index (κ1) is 11.9. The Morgan fingerprint density at radius 1 is 1.27 bits per heavy atom. The van der Waals surface area contributed by atoms with Crippen molar-refractivity contribution in [1.29, 1.82) is 0 Å². The molecule has 0 amide bonds. The SMILES string of the molecule is COC(=O)c1cc(C(=O)OS)ccc1S. The van der Waals surface area contributed by atoms with Crippen LogP contribution in [0.15, 0.2) is 23.1 Å². The van der Waals surface area contributed by atoms with Crippen LogP contribution in [-0.2, 0) is 8.92 Å². The van der Waals surface area contributed by atoms with Crippen molar-refractivity contribution in [3.8, 4) is 0 Å². The van der Waals surface area contributed by atoms with E-state index in [-0.39, 0.29) is 11.1 Å². The number of ether oxygens (including phenoxy) is 1. The van der Waals surface area contributed by atoms with E-state index in [4.69, 9.17) is 0 Å². The summed E-state index contributed by atoms with van der Waals surface area (Å²) in [7, 11) is 1.25. The summed E-state index contributed by atoms with van der Waals surface area (Å²) in [5.74, 6) is -1.20. The molecule has 0 bridgehead atoms. The number of esters is 1. The van der Waals surface area contributed by atoms with Crippen molar-refractivity contribution in [2.75, 3.05) is 7.11 Å². The van der Waals surface area contributed by atoms with Crippen molar-refractivity contribution in [2.45, 2.75) is 4.90 Å². The summed E-state index contributed by atoms with van der Waals surface area (Å²) >= 11 is 7.44. The molecule has 0 fully saturated rings. The fourth-order valence-electron chi connectivity index (χ4n) is 0.989. The Morgan fingerprint density at radius 3 is 2.47 bits per heavy atom. The molecule has 4 nitrogen and oxygen atoms in total. The number of rotatable bonds is 2. The van der Waals surface area contributed by atoms with E-state index in [1.807, 2.05) is 0 Å². The van der Waals surface area contributed by atoms with E-state index in [1.165, 1.54) is 25.3 Å². The van der Waals surface area contributed by atoms with Gasteiger partial charge >= 0.3 is 11.9 Å². The minimum absolute atomic E-state index is 0.206. The van der Waals surface area contributed by atoms with E-state index in [9.17, 15) is 9.59 Å². The highest BCUT2D eigenvalue weighted by molar-refractivity contribution is 7.80. The van der Waals surface area contributed by atoms with E-state index in [0.29, 0.717) is 4.90 Å². The number of thiol groups is 2. The largest absolute Gasteiger partial charge is 0.465 e. The van der Waals surface area contributed by atoms with E-state index >= 15 is 0 Å². The van der Waals surface area contributed by atoms with Crippen LogP contribution in [0.1, 0.15) is 20.7 Å². The van der Waals surface area contributed by atoms with Crippen LogP contribution in [0, 0.1) is 0 Å². The molecule has 80 valence electrons. The lowest BCUT2D eigenvalue weighted by Crippen LogP contribution is -2.06. The number of carbonyl (C=O) groups is 2. The van der Waals surface area contributed by atoms with E-state index < -0.39 is 11.9 Å². The van der Waals surface area contributed by atoms with Crippen molar-refractivity contribution in [1.82, 2.24) is 0 Å². The highest BCUT2D eigenvalue weighted by Crippen LogP contribution is 2.17. The molecule has 1 aromatic carbocycles. The Kier molecular flexibility index (Phi) is 4.05. The summed E-state index contributed by atoms with van der Waals surface area (Å²) in [6.45, 7) is 0. The Bertz CT molecular complexity index is 403. The van der Waals surface area contributed by atoms with Gasteiger partial charge in [-0.2, -0.15) is 0 Å². The van der Waals surface area contributed by atoms with Gasteiger partial charge in [0.15, 0.2) is 0 Å². The Hall–Kier alpha value is -1.14. The molecule has 0 heterocycles. The Labute approximate surface area is 97.6 Å². The molecule has 0 unspecified atom stereocenters. The molecule has 0 N–H and O–H groups in total. The summed E-state index contributed by atoms with van der Waals surface area (Å²) in [4.78, 5) is 22.8. The molecule has 0 radical (unpaired) electrons. The number of methoxy groups -OCH3 is 1. The normalized spacial score (nSPS) is 9.53. The quantitative estimate of drug-likeness (QED) is 0.473. The van der Waals surface area contributed by atoms with Crippen LogP contribution < -0.4 is 0 Å². The fourth-order valence-corrected chi connectivity index (χ4v) is 1.32. The zero-order valence-electron chi connectivity index (χ0n) is 7.76. The highest BCUT2D eigenvalue weighted by atomic mass is 32.1. The monoisotopic (exact) mass is 244 g/mol. The molecule has 15 heavy (non-hydrogen) atoms. The first-order valence-corrected chi connectivity index (χ1v) is 4.68. The molecule has 1 rings (SSSR count). The van der Waals surface area contributed by atoms with Crippen molar-refractivity contribution in [3.63, 3.8) is 0 Å². The molecule has 0 saturated carbocycles. The van der Waals surface area contributed by atoms with Crippen molar-refractivity contribution in [2.24, 2.45) is 0 Å². The maximum absolute atomic E-state index is 11.3. The predicted molar refractivity (Wildman–Crippen MR) is 59.4 cm³/mol. The van der Waals surface area contributed by atoms with Crippen molar-refractivity contribution >= 4 is 37.5 Å². The van der Waals surface area contributed by atoms with Gasteiger partial charge in [-0.05, 0) is 18.2 Å². The molecule has 0 atom stereocenters. The van der Waals surface area contributed by atoms with Gasteiger partial charge < -0.3 is 8.92 Å².